The summed E-state index contributed by atoms with van der Waals surface area (Å²) in [6.07, 6.45) is 2.05. The summed E-state index contributed by atoms with van der Waals surface area (Å²) in [4.78, 5) is 21.7. The molecule has 15 heavy (non-hydrogen) atoms. The van der Waals surface area contributed by atoms with Crippen LogP contribution in [0.25, 0.3) is 0 Å². The van der Waals surface area contributed by atoms with E-state index in [1.165, 1.54) is 17.8 Å². The molecule has 0 aliphatic heterocycles. The number of aryl methyl sites for hydroxylation is 1. The second kappa shape index (κ2) is 4.59. The van der Waals surface area contributed by atoms with E-state index < -0.39 is 5.97 Å². The van der Waals surface area contributed by atoms with Gasteiger partial charge in [-0.3, -0.25) is 4.79 Å². The number of anilines is 1. The van der Waals surface area contributed by atoms with Crippen molar-refractivity contribution >= 4 is 17.7 Å². The third-order valence-corrected chi connectivity index (χ3v) is 1.80. The van der Waals surface area contributed by atoms with E-state index >= 15 is 0 Å². The van der Waals surface area contributed by atoms with Gasteiger partial charge in [0, 0.05) is 13.5 Å². The van der Waals surface area contributed by atoms with E-state index in [9.17, 15) is 9.59 Å². The van der Waals surface area contributed by atoms with Crippen molar-refractivity contribution in [3.63, 3.8) is 0 Å². The fourth-order valence-electron chi connectivity index (χ4n) is 1.22. The highest BCUT2D eigenvalue weighted by atomic mass is 16.4. The van der Waals surface area contributed by atoms with Crippen LogP contribution in [0.15, 0.2) is 6.20 Å². The first-order chi connectivity index (χ1) is 7.06. The second-order valence-electron chi connectivity index (χ2n) is 3.12. The monoisotopic (exact) mass is 211 g/mol. The summed E-state index contributed by atoms with van der Waals surface area (Å²) in [5.41, 5.74) is 0.0126. The van der Waals surface area contributed by atoms with Gasteiger partial charge in [-0.2, -0.15) is 5.10 Å². The Bertz CT molecular complexity index is 384. The Morgan fingerprint density at radius 1 is 1.60 bits per heavy atom. The number of nitrogens with one attached hydrogen (secondary N) is 1. The van der Waals surface area contributed by atoms with Gasteiger partial charge in [-0.25, -0.2) is 9.48 Å². The molecule has 1 amide bonds. The minimum Gasteiger partial charge on any atom is -0.477 e. The van der Waals surface area contributed by atoms with Crippen molar-refractivity contribution in [1.82, 2.24) is 9.78 Å². The summed E-state index contributed by atoms with van der Waals surface area (Å²) in [6.45, 7) is 3.84. The molecule has 1 aromatic rings. The highest BCUT2D eigenvalue weighted by molar-refractivity contribution is 5.98. The maximum atomic E-state index is 10.9. The zero-order chi connectivity index (χ0) is 11.4. The molecule has 0 aromatic carbocycles. The van der Waals surface area contributed by atoms with Crippen LogP contribution in [-0.2, 0) is 11.3 Å². The molecule has 1 aromatic heterocycles. The van der Waals surface area contributed by atoms with Gasteiger partial charge in [-0.15, -0.1) is 0 Å². The van der Waals surface area contributed by atoms with Crippen LogP contribution in [-0.4, -0.2) is 26.8 Å². The fourth-order valence-corrected chi connectivity index (χ4v) is 1.22. The molecule has 1 heterocycles. The molecule has 0 fully saturated rings. The van der Waals surface area contributed by atoms with E-state index in [0.717, 1.165) is 6.42 Å². The predicted molar refractivity (Wildman–Crippen MR) is 53.8 cm³/mol. The lowest BCUT2D eigenvalue weighted by Gasteiger charge is -2.06. The summed E-state index contributed by atoms with van der Waals surface area (Å²) < 4.78 is 1.48. The first-order valence-corrected chi connectivity index (χ1v) is 4.63. The molecular weight excluding hydrogens is 198 g/mol. The van der Waals surface area contributed by atoms with Gasteiger partial charge in [0.2, 0.25) is 5.91 Å². The summed E-state index contributed by atoms with van der Waals surface area (Å²) in [6, 6.07) is 0. The number of amides is 1. The molecule has 6 nitrogen and oxygen atoms in total. The normalized spacial score (nSPS) is 10.0. The highest BCUT2D eigenvalue weighted by Gasteiger charge is 2.16. The van der Waals surface area contributed by atoms with Gasteiger partial charge >= 0.3 is 5.97 Å². The summed E-state index contributed by atoms with van der Waals surface area (Å²) in [5.74, 6) is -1.16. The van der Waals surface area contributed by atoms with Crippen LogP contribution < -0.4 is 5.32 Å². The molecule has 0 unspecified atom stereocenters. The molecule has 0 aliphatic carbocycles. The van der Waals surface area contributed by atoms with Crippen molar-refractivity contribution in [2.75, 3.05) is 5.32 Å². The van der Waals surface area contributed by atoms with E-state index in [2.05, 4.69) is 10.4 Å². The molecule has 2 N–H and O–H groups in total. The minimum atomic E-state index is -1.10. The minimum absolute atomic E-state index is 0.0126. The van der Waals surface area contributed by atoms with Gasteiger partial charge in [0.25, 0.3) is 0 Å². The Morgan fingerprint density at radius 3 is 2.73 bits per heavy atom. The third-order valence-electron chi connectivity index (χ3n) is 1.80. The molecule has 82 valence electrons. The quantitative estimate of drug-likeness (QED) is 0.776. The van der Waals surface area contributed by atoms with Crippen LogP contribution >= 0.6 is 0 Å². The van der Waals surface area contributed by atoms with Gasteiger partial charge in [0.1, 0.15) is 11.4 Å². The predicted octanol–water partition coefficient (Wildman–Crippen LogP) is 0.950. The number of aromatic carboxylic acids is 1. The molecule has 6 heteroatoms. The number of nitrogens with zero attached hydrogens (tertiary/aromatic N) is 2. The van der Waals surface area contributed by atoms with E-state index in [4.69, 9.17) is 5.11 Å². The summed E-state index contributed by atoms with van der Waals surface area (Å²) in [7, 11) is 0. The Kier molecular flexibility index (Phi) is 3.43. The first-order valence-electron chi connectivity index (χ1n) is 4.63. The number of carbonyl (C=O) groups excluding carboxylic acids is 1. The average molecular weight is 211 g/mol. The Hall–Kier alpha value is -1.85. The van der Waals surface area contributed by atoms with Gasteiger partial charge in [-0.05, 0) is 6.42 Å². The molecule has 0 spiro atoms. The topological polar surface area (TPSA) is 84.2 Å². The van der Waals surface area contributed by atoms with Gasteiger partial charge in [0.05, 0.1) is 6.20 Å². The SMILES string of the molecule is CCCn1ncc(C(=O)O)c1NC(C)=O. The van der Waals surface area contributed by atoms with Crippen LogP contribution in [0.5, 0.6) is 0 Å². The Morgan fingerprint density at radius 2 is 2.27 bits per heavy atom. The smallest absolute Gasteiger partial charge is 0.341 e. The van der Waals surface area contributed by atoms with E-state index in [1.807, 2.05) is 6.92 Å². The summed E-state index contributed by atoms with van der Waals surface area (Å²) in [5, 5.41) is 15.2. The Balaban J connectivity index is 3.07. The molecule has 0 atom stereocenters. The number of carbonyl (C=O) groups is 2. The average Bonchev–Trinajstić information content (AvgIpc) is 2.48. The van der Waals surface area contributed by atoms with Crippen LogP contribution in [0.1, 0.15) is 30.6 Å². The number of aromatic nitrogens is 2. The third kappa shape index (κ3) is 2.55. The molecule has 1 rings (SSSR count). The maximum Gasteiger partial charge on any atom is 0.341 e. The molecule has 0 bridgehead atoms. The van der Waals surface area contributed by atoms with Crippen molar-refractivity contribution < 1.29 is 14.7 Å². The van der Waals surface area contributed by atoms with Crippen LogP contribution in [0.3, 0.4) is 0 Å². The Labute approximate surface area is 86.9 Å². The molecule has 0 radical (unpaired) electrons. The number of carboxylic acid groups (broad SMARTS) is 1. The maximum absolute atomic E-state index is 10.9. The molecule has 0 aliphatic rings. The van der Waals surface area contributed by atoms with E-state index in [0.29, 0.717) is 6.54 Å². The van der Waals surface area contributed by atoms with Gasteiger partial charge in [0.15, 0.2) is 0 Å². The fraction of sp³-hybridized carbons (Fsp3) is 0.444. The zero-order valence-electron chi connectivity index (χ0n) is 8.65. The number of hydrogen-bond acceptors (Lipinski definition) is 3. The highest BCUT2D eigenvalue weighted by Crippen LogP contribution is 2.15. The van der Waals surface area contributed by atoms with Crippen molar-refractivity contribution in [3.05, 3.63) is 11.8 Å². The lowest BCUT2D eigenvalue weighted by molar-refractivity contribution is -0.114. The van der Waals surface area contributed by atoms with Crippen molar-refractivity contribution in [2.45, 2.75) is 26.8 Å². The summed E-state index contributed by atoms with van der Waals surface area (Å²) >= 11 is 0. The number of hydrogen-bond donors (Lipinski definition) is 2. The second-order valence-corrected chi connectivity index (χ2v) is 3.12. The standard InChI is InChI=1S/C9H13N3O3/c1-3-4-12-8(11-6(2)13)7(5-10-12)9(14)15/h5H,3-4H2,1-2H3,(H,11,13)(H,14,15). The molecular formula is C9H13N3O3. The van der Waals surface area contributed by atoms with Crippen LogP contribution in [0.4, 0.5) is 5.82 Å². The lowest BCUT2D eigenvalue weighted by atomic mass is 10.3. The molecule has 0 saturated heterocycles. The number of rotatable bonds is 4. The van der Waals surface area contributed by atoms with E-state index in [-0.39, 0.29) is 17.3 Å². The van der Waals surface area contributed by atoms with Crippen molar-refractivity contribution in [2.24, 2.45) is 0 Å². The van der Waals surface area contributed by atoms with Crippen molar-refractivity contribution in [3.8, 4) is 0 Å². The van der Waals surface area contributed by atoms with Crippen LogP contribution in [0, 0.1) is 0 Å². The van der Waals surface area contributed by atoms with Gasteiger partial charge < -0.3 is 10.4 Å². The van der Waals surface area contributed by atoms with Crippen LogP contribution in [0.2, 0.25) is 0 Å². The first kappa shape index (κ1) is 11.2. The number of carboxylic acids is 1. The van der Waals surface area contributed by atoms with Crippen molar-refractivity contribution in [1.29, 1.82) is 0 Å². The molecule has 0 saturated carbocycles. The van der Waals surface area contributed by atoms with E-state index in [1.54, 1.807) is 0 Å². The largest absolute Gasteiger partial charge is 0.477 e. The lowest BCUT2D eigenvalue weighted by Crippen LogP contribution is -2.14. The van der Waals surface area contributed by atoms with Gasteiger partial charge in [-0.1, -0.05) is 6.92 Å². The zero-order valence-corrected chi connectivity index (χ0v) is 8.65.